The average molecular weight is 331 g/mol. The van der Waals surface area contributed by atoms with E-state index in [2.05, 4.69) is 31.8 Å². The standard InChI is InChI=1S/C11H9BrClN3O2/c12-6-1-2-7(13)9(5-6)14-11(18)8-3-4-10(17)16-15-8/h1-2,5H,3-4H2,(H,14,18)(H,16,17). The molecular formula is C11H9BrClN3O2. The molecule has 0 unspecified atom stereocenters. The molecule has 7 heteroatoms. The highest BCUT2D eigenvalue weighted by molar-refractivity contribution is 9.10. The highest BCUT2D eigenvalue weighted by atomic mass is 79.9. The van der Waals surface area contributed by atoms with Crippen molar-refractivity contribution >= 4 is 50.7 Å². The quantitative estimate of drug-likeness (QED) is 0.873. The maximum atomic E-state index is 11.9. The van der Waals surface area contributed by atoms with E-state index in [-0.39, 0.29) is 23.9 Å². The zero-order valence-electron chi connectivity index (χ0n) is 9.17. The van der Waals surface area contributed by atoms with Gasteiger partial charge in [-0.15, -0.1) is 0 Å². The van der Waals surface area contributed by atoms with Gasteiger partial charge >= 0.3 is 0 Å². The lowest BCUT2D eigenvalue weighted by atomic mass is 10.1. The predicted octanol–water partition coefficient (Wildman–Crippen LogP) is 2.31. The lowest BCUT2D eigenvalue weighted by molar-refractivity contribution is -0.121. The number of anilines is 1. The topological polar surface area (TPSA) is 70.6 Å². The smallest absolute Gasteiger partial charge is 0.271 e. The van der Waals surface area contributed by atoms with Gasteiger partial charge in [-0.05, 0) is 18.2 Å². The number of nitrogens with one attached hydrogen (secondary N) is 2. The number of hydrogen-bond acceptors (Lipinski definition) is 3. The van der Waals surface area contributed by atoms with E-state index >= 15 is 0 Å². The normalized spacial score (nSPS) is 14.8. The van der Waals surface area contributed by atoms with Crippen LogP contribution >= 0.6 is 27.5 Å². The van der Waals surface area contributed by atoms with Crippen molar-refractivity contribution in [2.45, 2.75) is 12.8 Å². The number of halogens is 2. The number of hydrazone groups is 1. The summed E-state index contributed by atoms with van der Waals surface area (Å²) in [4.78, 5) is 22.8. The summed E-state index contributed by atoms with van der Waals surface area (Å²) in [7, 11) is 0. The summed E-state index contributed by atoms with van der Waals surface area (Å²) in [6.07, 6.45) is 0.585. The fourth-order valence-corrected chi connectivity index (χ4v) is 1.95. The van der Waals surface area contributed by atoms with E-state index in [1.54, 1.807) is 18.2 Å². The van der Waals surface area contributed by atoms with Gasteiger partial charge in [-0.1, -0.05) is 27.5 Å². The van der Waals surface area contributed by atoms with Crippen LogP contribution in [0.2, 0.25) is 5.02 Å². The molecule has 1 aliphatic rings. The molecule has 1 aromatic rings. The zero-order valence-corrected chi connectivity index (χ0v) is 11.5. The molecule has 0 fully saturated rings. The molecule has 0 saturated carbocycles. The van der Waals surface area contributed by atoms with Crippen molar-refractivity contribution in [3.8, 4) is 0 Å². The summed E-state index contributed by atoms with van der Waals surface area (Å²) in [5.41, 5.74) is 3.05. The fourth-order valence-electron chi connectivity index (χ4n) is 1.43. The molecule has 1 aliphatic heterocycles. The Hall–Kier alpha value is -1.40. The Morgan fingerprint density at radius 1 is 1.44 bits per heavy atom. The summed E-state index contributed by atoms with van der Waals surface area (Å²) < 4.78 is 0.807. The number of hydrogen-bond donors (Lipinski definition) is 2. The Balaban J connectivity index is 2.12. The monoisotopic (exact) mass is 329 g/mol. The molecular weight excluding hydrogens is 321 g/mol. The minimum atomic E-state index is -0.366. The van der Waals surface area contributed by atoms with Gasteiger partial charge in [-0.3, -0.25) is 9.59 Å². The van der Waals surface area contributed by atoms with E-state index in [4.69, 9.17) is 11.6 Å². The lowest BCUT2D eigenvalue weighted by Crippen LogP contribution is -2.32. The number of carbonyl (C=O) groups excluding carboxylic acids is 2. The Morgan fingerprint density at radius 2 is 2.22 bits per heavy atom. The van der Waals surface area contributed by atoms with Crippen molar-refractivity contribution in [2.24, 2.45) is 5.10 Å². The molecule has 0 bridgehead atoms. The number of nitrogens with zero attached hydrogens (tertiary/aromatic N) is 1. The van der Waals surface area contributed by atoms with Crippen molar-refractivity contribution in [3.05, 3.63) is 27.7 Å². The fraction of sp³-hybridized carbons (Fsp3) is 0.182. The van der Waals surface area contributed by atoms with Crippen LogP contribution in [-0.2, 0) is 9.59 Å². The molecule has 5 nitrogen and oxygen atoms in total. The van der Waals surface area contributed by atoms with Gasteiger partial charge in [-0.2, -0.15) is 5.10 Å². The van der Waals surface area contributed by atoms with Crippen molar-refractivity contribution in [2.75, 3.05) is 5.32 Å². The number of rotatable bonds is 2. The minimum Gasteiger partial charge on any atom is -0.319 e. The summed E-state index contributed by atoms with van der Waals surface area (Å²) in [6.45, 7) is 0. The number of amides is 2. The average Bonchev–Trinajstić information content (AvgIpc) is 2.34. The minimum absolute atomic E-state index is 0.188. The first kappa shape index (κ1) is 13.0. The van der Waals surface area contributed by atoms with Crippen molar-refractivity contribution in [1.29, 1.82) is 0 Å². The molecule has 0 aromatic heterocycles. The second-order valence-electron chi connectivity index (χ2n) is 3.67. The van der Waals surface area contributed by atoms with Crippen LogP contribution in [0.3, 0.4) is 0 Å². The molecule has 0 radical (unpaired) electrons. The Kier molecular flexibility index (Phi) is 3.98. The molecule has 1 heterocycles. The molecule has 0 atom stereocenters. The molecule has 0 aliphatic carbocycles. The summed E-state index contributed by atoms with van der Waals surface area (Å²) in [6, 6.07) is 5.14. The highest BCUT2D eigenvalue weighted by Crippen LogP contribution is 2.25. The molecule has 18 heavy (non-hydrogen) atoms. The van der Waals surface area contributed by atoms with E-state index in [1.165, 1.54) is 0 Å². The first-order valence-electron chi connectivity index (χ1n) is 5.18. The van der Waals surface area contributed by atoms with Gasteiger partial charge < -0.3 is 5.32 Å². The largest absolute Gasteiger partial charge is 0.319 e. The van der Waals surface area contributed by atoms with Gasteiger partial charge in [0.15, 0.2) is 0 Å². The van der Waals surface area contributed by atoms with Crippen LogP contribution in [0.25, 0.3) is 0 Å². The van der Waals surface area contributed by atoms with Crippen LogP contribution in [-0.4, -0.2) is 17.5 Å². The summed E-state index contributed by atoms with van der Waals surface area (Å²) in [5, 5.41) is 6.80. The third-order valence-electron chi connectivity index (χ3n) is 2.34. The highest BCUT2D eigenvalue weighted by Gasteiger charge is 2.18. The van der Waals surface area contributed by atoms with Gasteiger partial charge in [-0.25, -0.2) is 5.43 Å². The molecule has 0 spiro atoms. The zero-order chi connectivity index (χ0) is 13.1. The van der Waals surface area contributed by atoms with Crippen LogP contribution < -0.4 is 10.7 Å². The van der Waals surface area contributed by atoms with Crippen molar-refractivity contribution in [3.63, 3.8) is 0 Å². The van der Waals surface area contributed by atoms with E-state index in [0.29, 0.717) is 17.1 Å². The third kappa shape index (κ3) is 3.08. The third-order valence-corrected chi connectivity index (χ3v) is 3.17. The lowest BCUT2D eigenvalue weighted by Gasteiger charge is -2.12. The van der Waals surface area contributed by atoms with Crippen LogP contribution in [0.5, 0.6) is 0 Å². The van der Waals surface area contributed by atoms with Crippen LogP contribution in [0.4, 0.5) is 5.69 Å². The molecule has 2 amide bonds. The second-order valence-corrected chi connectivity index (χ2v) is 4.99. The van der Waals surface area contributed by atoms with Crippen LogP contribution in [0.15, 0.2) is 27.8 Å². The van der Waals surface area contributed by atoms with Crippen LogP contribution in [0.1, 0.15) is 12.8 Å². The van der Waals surface area contributed by atoms with Gasteiger partial charge in [0, 0.05) is 17.3 Å². The molecule has 2 N–H and O–H groups in total. The van der Waals surface area contributed by atoms with Gasteiger partial charge in [0.05, 0.1) is 10.7 Å². The second kappa shape index (κ2) is 5.49. The van der Waals surface area contributed by atoms with Crippen LogP contribution in [0, 0.1) is 0 Å². The Labute approximate surface area is 117 Å². The Morgan fingerprint density at radius 3 is 2.89 bits per heavy atom. The number of carbonyl (C=O) groups is 2. The van der Waals surface area contributed by atoms with Crippen molar-refractivity contribution < 1.29 is 9.59 Å². The van der Waals surface area contributed by atoms with E-state index in [1.807, 2.05) is 0 Å². The van der Waals surface area contributed by atoms with Gasteiger partial charge in [0.1, 0.15) is 5.71 Å². The summed E-state index contributed by atoms with van der Waals surface area (Å²) >= 11 is 9.25. The molecule has 1 aromatic carbocycles. The first-order valence-corrected chi connectivity index (χ1v) is 6.35. The van der Waals surface area contributed by atoms with E-state index in [9.17, 15) is 9.59 Å². The van der Waals surface area contributed by atoms with Gasteiger partial charge in [0.25, 0.3) is 5.91 Å². The SMILES string of the molecule is O=C1CCC(C(=O)Nc2cc(Br)ccc2Cl)=NN1. The van der Waals surface area contributed by atoms with Gasteiger partial charge in [0.2, 0.25) is 5.91 Å². The maximum absolute atomic E-state index is 11.9. The number of benzene rings is 1. The van der Waals surface area contributed by atoms with E-state index < -0.39 is 0 Å². The predicted molar refractivity (Wildman–Crippen MR) is 72.6 cm³/mol. The van der Waals surface area contributed by atoms with Crippen molar-refractivity contribution in [1.82, 2.24) is 5.43 Å². The molecule has 2 rings (SSSR count). The summed E-state index contributed by atoms with van der Waals surface area (Å²) in [5.74, 6) is -0.554. The van der Waals surface area contributed by atoms with E-state index in [0.717, 1.165) is 4.47 Å². The molecule has 94 valence electrons. The molecule has 0 saturated heterocycles. The maximum Gasteiger partial charge on any atom is 0.271 e. The Bertz CT molecular complexity index is 545. The first-order chi connectivity index (χ1) is 8.56.